The van der Waals surface area contributed by atoms with E-state index >= 15 is 0 Å². The minimum absolute atomic E-state index is 0.000208. The standard InChI is InChI=1S/C19H22N4O4/c1-14-6-7-16(10-18(14)23(25)26)21-19(24)22(13-17-5-3-9-27-17)12-15-4-2-8-20-11-15/h2,4,6-8,10-11,17H,3,5,9,12-13H2,1H3,(H,21,24). The van der Waals surface area contributed by atoms with E-state index in [9.17, 15) is 14.9 Å². The number of nitro benzene ring substituents is 1. The van der Waals surface area contributed by atoms with Gasteiger partial charge in [-0.1, -0.05) is 12.1 Å². The van der Waals surface area contributed by atoms with E-state index in [0.717, 1.165) is 18.4 Å². The fraction of sp³-hybridized carbons (Fsp3) is 0.368. The smallest absolute Gasteiger partial charge is 0.322 e. The Kier molecular flexibility index (Phi) is 5.97. The number of nitro groups is 1. The topological polar surface area (TPSA) is 97.6 Å². The lowest BCUT2D eigenvalue weighted by Crippen LogP contribution is -2.39. The highest BCUT2D eigenvalue weighted by Crippen LogP contribution is 2.23. The molecule has 1 N–H and O–H groups in total. The summed E-state index contributed by atoms with van der Waals surface area (Å²) in [4.78, 5) is 29.3. The Labute approximate surface area is 157 Å². The minimum atomic E-state index is -0.454. The van der Waals surface area contributed by atoms with Crippen molar-refractivity contribution in [3.05, 3.63) is 64.0 Å². The Hall–Kier alpha value is -3.00. The summed E-state index contributed by atoms with van der Waals surface area (Å²) in [6.45, 7) is 3.20. The van der Waals surface area contributed by atoms with Crippen molar-refractivity contribution in [1.82, 2.24) is 9.88 Å². The van der Waals surface area contributed by atoms with E-state index < -0.39 is 4.92 Å². The molecule has 8 nitrogen and oxygen atoms in total. The number of amides is 2. The number of ether oxygens (including phenoxy) is 1. The quantitative estimate of drug-likeness (QED) is 0.620. The second-order valence-corrected chi connectivity index (χ2v) is 6.57. The number of aryl methyl sites for hydroxylation is 1. The van der Waals surface area contributed by atoms with Gasteiger partial charge in [0.05, 0.1) is 11.0 Å². The molecule has 27 heavy (non-hydrogen) atoms. The van der Waals surface area contributed by atoms with Crippen molar-refractivity contribution in [2.45, 2.75) is 32.4 Å². The van der Waals surface area contributed by atoms with Crippen LogP contribution in [-0.2, 0) is 11.3 Å². The third-order valence-electron chi connectivity index (χ3n) is 4.49. The molecule has 0 saturated carbocycles. The fourth-order valence-corrected chi connectivity index (χ4v) is 3.05. The van der Waals surface area contributed by atoms with Crippen LogP contribution < -0.4 is 5.32 Å². The lowest BCUT2D eigenvalue weighted by molar-refractivity contribution is -0.385. The molecule has 1 aliphatic rings. The molecule has 8 heteroatoms. The van der Waals surface area contributed by atoms with Crippen LogP contribution in [0.1, 0.15) is 24.0 Å². The van der Waals surface area contributed by atoms with Gasteiger partial charge in [-0.3, -0.25) is 15.1 Å². The van der Waals surface area contributed by atoms with E-state index in [2.05, 4.69) is 10.3 Å². The van der Waals surface area contributed by atoms with Crippen LogP contribution in [0.2, 0.25) is 0 Å². The second kappa shape index (κ2) is 8.59. The zero-order valence-electron chi connectivity index (χ0n) is 15.1. The summed E-state index contributed by atoms with van der Waals surface area (Å²) in [5, 5.41) is 13.9. The maximum absolute atomic E-state index is 12.8. The third-order valence-corrected chi connectivity index (χ3v) is 4.49. The van der Waals surface area contributed by atoms with E-state index in [1.165, 1.54) is 6.07 Å². The maximum atomic E-state index is 12.8. The van der Waals surface area contributed by atoms with Gasteiger partial charge in [-0.15, -0.1) is 0 Å². The first kappa shape index (κ1) is 18.8. The van der Waals surface area contributed by atoms with Crippen molar-refractivity contribution in [2.75, 3.05) is 18.5 Å². The Balaban J connectivity index is 1.75. The van der Waals surface area contributed by atoms with E-state index in [1.54, 1.807) is 36.4 Å². The van der Waals surface area contributed by atoms with Crippen molar-refractivity contribution >= 4 is 17.4 Å². The van der Waals surface area contributed by atoms with Gasteiger partial charge in [0.15, 0.2) is 0 Å². The minimum Gasteiger partial charge on any atom is -0.376 e. The summed E-state index contributed by atoms with van der Waals surface area (Å²) in [6.07, 6.45) is 5.29. The molecule has 142 valence electrons. The van der Waals surface area contributed by atoms with Crippen molar-refractivity contribution in [1.29, 1.82) is 0 Å². The van der Waals surface area contributed by atoms with E-state index in [1.807, 2.05) is 12.1 Å². The van der Waals surface area contributed by atoms with Crippen molar-refractivity contribution in [3.8, 4) is 0 Å². The molecule has 1 aliphatic heterocycles. The molecule has 1 fully saturated rings. The van der Waals surface area contributed by atoms with Gasteiger partial charge >= 0.3 is 6.03 Å². The molecule has 1 atom stereocenters. The molecule has 0 aliphatic carbocycles. The first-order valence-corrected chi connectivity index (χ1v) is 8.84. The van der Waals surface area contributed by atoms with Gasteiger partial charge in [-0.2, -0.15) is 0 Å². The molecular formula is C19H22N4O4. The normalized spacial score (nSPS) is 16.1. The summed E-state index contributed by atoms with van der Waals surface area (Å²) >= 11 is 0. The van der Waals surface area contributed by atoms with Crippen LogP contribution in [0.15, 0.2) is 42.7 Å². The summed E-state index contributed by atoms with van der Waals surface area (Å²) < 4.78 is 5.66. The summed E-state index contributed by atoms with van der Waals surface area (Å²) in [6, 6.07) is 8.06. The average Bonchev–Trinajstić information content (AvgIpc) is 3.16. The molecule has 2 amide bonds. The Morgan fingerprint density at radius 2 is 2.30 bits per heavy atom. The molecule has 1 saturated heterocycles. The SMILES string of the molecule is Cc1ccc(NC(=O)N(Cc2cccnc2)CC2CCCO2)cc1[N+](=O)[O-]. The van der Waals surface area contributed by atoms with Gasteiger partial charge in [-0.05, 0) is 37.5 Å². The number of pyridine rings is 1. The largest absolute Gasteiger partial charge is 0.376 e. The van der Waals surface area contributed by atoms with Gasteiger partial charge in [0.1, 0.15) is 0 Å². The fourth-order valence-electron chi connectivity index (χ4n) is 3.05. The number of hydrogen-bond donors (Lipinski definition) is 1. The predicted molar refractivity (Wildman–Crippen MR) is 100 cm³/mol. The van der Waals surface area contributed by atoms with Crippen LogP contribution >= 0.6 is 0 Å². The van der Waals surface area contributed by atoms with Gasteiger partial charge in [0.2, 0.25) is 0 Å². The van der Waals surface area contributed by atoms with E-state index in [0.29, 0.717) is 30.9 Å². The first-order chi connectivity index (χ1) is 13.0. The summed E-state index contributed by atoms with van der Waals surface area (Å²) in [5.41, 5.74) is 1.82. The third kappa shape index (κ3) is 5.01. The highest BCUT2D eigenvalue weighted by molar-refractivity contribution is 5.89. The van der Waals surface area contributed by atoms with Crippen LogP contribution in [0.5, 0.6) is 0 Å². The molecular weight excluding hydrogens is 348 g/mol. The van der Waals surface area contributed by atoms with Crippen molar-refractivity contribution in [2.24, 2.45) is 0 Å². The van der Waals surface area contributed by atoms with Crippen molar-refractivity contribution in [3.63, 3.8) is 0 Å². The number of nitrogens with one attached hydrogen (secondary N) is 1. The highest BCUT2D eigenvalue weighted by atomic mass is 16.6. The Bertz CT molecular complexity index is 807. The van der Waals surface area contributed by atoms with Crippen LogP contribution in [-0.4, -0.2) is 40.1 Å². The average molecular weight is 370 g/mol. The van der Waals surface area contributed by atoms with Gasteiger partial charge in [0, 0.05) is 49.4 Å². The second-order valence-electron chi connectivity index (χ2n) is 6.57. The zero-order valence-corrected chi connectivity index (χ0v) is 15.1. The van der Waals surface area contributed by atoms with Gasteiger partial charge in [-0.25, -0.2) is 4.79 Å². The molecule has 0 radical (unpaired) electrons. The van der Waals surface area contributed by atoms with Crippen LogP contribution in [0.25, 0.3) is 0 Å². The van der Waals surface area contributed by atoms with Crippen LogP contribution in [0.4, 0.5) is 16.2 Å². The zero-order chi connectivity index (χ0) is 19.2. The van der Waals surface area contributed by atoms with E-state index in [-0.39, 0.29) is 17.8 Å². The van der Waals surface area contributed by atoms with Crippen LogP contribution in [0, 0.1) is 17.0 Å². The lowest BCUT2D eigenvalue weighted by Gasteiger charge is -2.25. The molecule has 2 heterocycles. The van der Waals surface area contributed by atoms with Crippen molar-refractivity contribution < 1.29 is 14.5 Å². The molecule has 3 rings (SSSR count). The summed E-state index contributed by atoms with van der Waals surface area (Å²) in [5.74, 6) is 0. The number of carbonyl (C=O) groups excluding carboxylic acids is 1. The summed E-state index contributed by atoms with van der Waals surface area (Å²) in [7, 11) is 0. The number of carbonyl (C=O) groups is 1. The number of aromatic nitrogens is 1. The highest BCUT2D eigenvalue weighted by Gasteiger charge is 2.23. The number of hydrogen-bond acceptors (Lipinski definition) is 5. The monoisotopic (exact) mass is 370 g/mol. The molecule has 2 aromatic rings. The molecule has 1 unspecified atom stereocenters. The number of benzene rings is 1. The number of rotatable bonds is 6. The predicted octanol–water partition coefficient (Wildman–Crippen LogP) is 3.51. The first-order valence-electron chi connectivity index (χ1n) is 8.84. The Morgan fingerprint density at radius 3 is 2.96 bits per heavy atom. The molecule has 0 spiro atoms. The number of anilines is 1. The van der Waals surface area contributed by atoms with E-state index in [4.69, 9.17) is 4.74 Å². The van der Waals surface area contributed by atoms with Crippen LogP contribution in [0.3, 0.4) is 0 Å². The molecule has 0 bridgehead atoms. The van der Waals surface area contributed by atoms with Gasteiger partial charge in [0.25, 0.3) is 5.69 Å². The number of nitrogens with zero attached hydrogens (tertiary/aromatic N) is 3. The Morgan fingerprint density at radius 1 is 1.44 bits per heavy atom. The number of urea groups is 1. The van der Waals surface area contributed by atoms with Gasteiger partial charge < -0.3 is 15.0 Å². The lowest BCUT2D eigenvalue weighted by atomic mass is 10.2. The molecule has 1 aromatic carbocycles. The maximum Gasteiger partial charge on any atom is 0.322 e. The molecule has 1 aromatic heterocycles.